The normalized spacial score (nSPS) is 22.9. The lowest BCUT2D eigenvalue weighted by molar-refractivity contribution is 0.0668. The second-order valence-corrected chi connectivity index (χ2v) is 4.41. The second-order valence-electron chi connectivity index (χ2n) is 4.00. The molecule has 2 rings (SSSR count). The van der Waals surface area contributed by atoms with Gasteiger partial charge < -0.3 is 5.11 Å². The molecule has 1 aliphatic heterocycles. The first-order valence-corrected chi connectivity index (χ1v) is 5.62. The van der Waals surface area contributed by atoms with Crippen LogP contribution in [0, 0.1) is 0 Å². The van der Waals surface area contributed by atoms with Gasteiger partial charge in [0, 0.05) is 25.5 Å². The molecule has 0 radical (unpaired) electrons. The van der Waals surface area contributed by atoms with E-state index in [1.165, 1.54) is 0 Å². The molecule has 1 saturated heterocycles. The maximum Gasteiger partial charge on any atom is 0.0667 e. The Morgan fingerprint density at radius 2 is 2.47 bits per heavy atom. The lowest BCUT2D eigenvalue weighted by Gasteiger charge is -2.30. The third-order valence-corrected chi connectivity index (χ3v) is 3.07. The fourth-order valence-electron chi connectivity index (χ4n) is 1.95. The molecule has 1 N–H and O–H groups in total. The van der Waals surface area contributed by atoms with Gasteiger partial charge in [-0.15, -0.1) is 0 Å². The van der Waals surface area contributed by atoms with Crippen molar-refractivity contribution in [2.75, 3.05) is 13.1 Å². The Morgan fingerprint density at radius 3 is 3.20 bits per heavy atom. The standard InChI is InChI=1S/C11H15ClN2O/c12-11-6-13-4-3-9(11)7-14-5-1-2-10(15)8-14/h3-4,6,10,15H,1-2,5,7-8H2/t10-/m0/s1. The molecule has 82 valence electrons. The molecule has 0 bridgehead atoms. The number of nitrogens with zero attached hydrogens (tertiary/aromatic N) is 2. The molecule has 1 atom stereocenters. The van der Waals surface area contributed by atoms with Crippen LogP contribution in [0.15, 0.2) is 18.5 Å². The minimum Gasteiger partial charge on any atom is -0.392 e. The molecule has 15 heavy (non-hydrogen) atoms. The first kappa shape index (κ1) is 10.9. The zero-order valence-electron chi connectivity index (χ0n) is 8.56. The molecule has 0 amide bonds. The van der Waals surface area contributed by atoms with Crippen LogP contribution in [0.4, 0.5) is 0 Å². The predicted octanol–water partition coefficient (Wildman–Crippen LogP) is 1.69. The van der Waals surface area contributed by atoms with E-state index in [-0.39, 0.29) is 6.10 Å². The minimum atomic E-state index is -0.181. The highest BCUT2D eigenvalue weighted by Gasteiger charge is 2.18. The number of β-amino-alcohol motifs (C(OH)–C–C–N with tert-alkyl or cyclic N) is 1. The maximum atomic E-state index is 9.54. The summed E-state index contributed by atoms with van der Waals surface area (Å²) in [4.78, 5) is 6.18. The van der Waals surface area contributed by atoms with E-state index in [4.69, 9.17) is 11.6 Å². The Kier molecular flexibility index (Phi) is 3.57. The van der Waals surface area contributed by atoms with E-state index in [1.807, 2.05) is 6.07 Å². The lowest BCUT2D eigenvalue weighted by Crippen LogP contribution is -2.37. The van der Waals surface area contributed by atoms with Gasteiger partial charge >= 0.3 is 0 Å². The van der Waals surface area contributed by atoms with Gasteiger partial charge in [-0.3, -0.25) is 9.88 Å². The van der Waals surface area contributed by atoms with Gasteiger partial charge in [0.2, 0.25) is 0 Å². The van der Waals surface area contributed by atoms with E-state index < -0.39 is 0 Å². The molecule has 0 saturated carbocycles. The van der Waals surface area contributed by atoms with E-state index in [9.17, 15) is 5.11 Å². The SMILES string of the molecule is O[C@H]1CCCN(Cc2ccncc2Cl)C1. The molecule has 4 heteroatoms. The first-order valence-electron chi connectivity index (χ1n) is 5.24. The van der Waals surface area contributed by atoms with Crippen molar-refractivity contribution in [1.29, 1.82) is 0 Å². The number of hydrogen-bond donors (Lipinski definition) is 1. The number of hydrogen-bond acceptors (Lipinski definition) is 3. The summed E-state index contributed by atoms with van der Waals surface area (Å²) in [6.45, 7) is 2.59. The summed E-state index contributed by atoms with van der Waals surface area (Å²) in [6, 6.07) is 1.93. The molecule has 0 spiro atoms. The van der Waals surface area contributed by atoms with Crippen LogP contribution in [0.1, 0.15) is 18.4 Å². The molecule has 0 unspecified atom stereocenters. The van der Waals surface area contributed by atoms with Gasteiger partial charge in [-0.1, -0.05) is 11.6 Å². The maximum absolute atomic E-state index is 9.54. The van der Waals surface area contributed by atoms with Crippen molar-refractivity contribution in [2.45, 2.75) is 25.5 Å². The first-order chi connectivity index (χ1) is 7.25. The number of pyridine rings is 1. The quantitative estimate of drug-likeness (QED) is 0.834. The van der Waals surface area contributed by atoms with Crippen molar-refractivity contribution in [3.05, 3.63) is 29.0 Å². The highest BCUT2D eigenvalue weighted by Crippen LogP contribution is 2.18. The number of halogens is 1. The molecular formula is C11H15ClN2O. The molecule has 3 nitrogen and oxygen atoms in total. The number of rotatable bonds is 2. The Balaban J connectivity index is 1.99. The molecular weight excluding hydrogens is 212 g/mol. The summed E-state index contributed by atoms with van der Waals surface area (Å²) >= 11 is 6.03. The van der Waals surface area contributed by atoms with Crippen molar-refractivity contribution in [3.8, 4) is 0 Å². The fraction of sp³-hybridized carbons (Fsp3) is 0.545. The zero-order chi connectivity index (χ0) is 10.7. The van der Waals surface area contributed by atoms with Gasteiger partial charge in [-0.05, 0) is 31.0 Å². The Labute approximate surface area is 94.7 Å². The predicted molar refractivity (Wildman–Crippen MR) is 59.8 cm³/mol. The summed E-state index contributed by atoms with van der Waals surface area (Å²) in [5.41, 5.74) is 1.08. The summed E-state index contributed by atoms with van der Waals surface area (Å²) in [7, 11) is 0. The van der Waals surface area contributed by atoms with E-state index in [0.29, 0.717) is 5.02 Å². The monoisotopic (exact) mass is 226 g/mol. The topological polar surface area (TPSA) is 36.4 Å². The van der Waals surface area contributed by atoms with Crippen LogP contribution in [-0.4, -0.2) is 34.2 Å². The van der Waals surface area contributed by atoms with Crippen molar-refractivity contribution >= 4 is 11.6 Å². The molecule has 1 fully saturated rings. The van der Waals surface area contributed by atoms with E-state index >= 15 is 0 Å². The van der Waals surface area contributed by atoms with Crippen LogP contribution in [-0.2, 0) is 6.54 Å². The molecule has 0 aliphatic carbocycles. The summed E-state index contributed by atoms with van der Waals surface area (Å²) in [6.07, 6.45) is 5.21. The minimum absolute atomic E-state index is 0.181. The Hall–Kier alpha value is -0.640. The van der Waals surface area contributed by atoms with Gasteiger partial charge in [-0.25, -0.2) is 0 Å². The summed E-state index contributed by atoms with van der Waals surface area (Å²) in [5, 5.41) is 10.2. The van der Waals surface area contributed by atoms with Gasteiger partial charge in [0.15, 0.2) is 0 Å². The molecule has 2 heterocycles. The Morgan fingerprint density at radius 1 is 1.60 bits per heavy atom. The van der Waals surface area contributed by atoms with Crippen molar-refractivity contribution in [3.63, 3.8) is 0 Å². The van der Waals surface area contributed by atoms with Crippen LogP contribution in [0.25, 0.3) is 0 Å². The second kappa shape index (κ2) is 4.92. The van der Waals surface area contributed by atoms with Crippen LogP contribution in [0.2, 0.25) is 5.02 Å². The average Bonchev–Trinajstić information content (AvgIpc) is 2.22. The van der Waals surface area contributed by atoms with Crippen LogP contribution < -0.4 is 0 Å². The molecule has 1 aromatic rings. The Bertz CT molecular complexity index is 332. The molecule has 0 aromatic carbocycles. The molecule has 1 aliphatic rings. The lowest BCUT2D eigenvalue weighted by atomic mass is 10.1. The number of aliphatic hydroxyl groups excluding tert-OH is 1. The number of aromatic nitrogens is 1. The fourth-order valence-corrected chi connectivity index (χ4v) is 2.13. The third kappa shape index (κ3) is 2.91. The van der Waals surface area contributed by atoms with Gasteiger partial charge in [0.1, 0.15) is 0 Å². The third-order valence-electron chi connectivity index (χ3n) is 2.73. The van der Waals surface area contributed by atoms with Gasteiger partial charge in [0.05, 0.1) is 11.1 Å². The average molecular weight is 227 g/mol. The van der Waals surface area contributed by atoms with Gasteiger partial charge in [0.25, 0.3) is 0 Å². The van der Waals surface area contributed by atoms with Gasteiger partial charge in [-0.2, -0.15) is 0 Å². The van der Waals surface area contributed by atoms with E-state index in [2.05, 4.69) is 9.88 Å². The van der Waals surface area contributed by atoms with Crippen molar-refractivity contribution < 1.29 is 5.11 Å². The van der Waals surface area contributed by atoms with Crippen LogP contribution in [0.5, 0.6) is 0 Å². The number of piperidine rings is 1. The van der Waals surface area contributed by atoms with Crippen LogP contribution >= 0.6 is 11.6 Å². The van der Waals surface area contributed by atoms with E-state index in [0.717, 1.165) is 38.0 Å². The van der Waals surface area contributed by atoms with E-state index in [1.54, 1.807) is 12.4 Å². The molecule has 1 aromatic heterocycles. The summed E-state index contributed by atoms with van der Waals surface area (Å²) in [5.74, 6) is 0. The summed E-state index contributed by atoms with van der Waals surface area (Å²) < 4.78 is 0. The van der Waals surface area contributed by atoms with Crippen molar-refractivity contribution in [1.82, 2.24) is 9.88 Å². The number of aliphatic hydroxyl groups is 1. The highest BCUT2D eigenvalue weighted by molar-refractivity contribution is 6.31. The zero-order valence-corrected chi connectivity index (χ0v) is 9.32. The van der Waals surface area contributed by atoms with Crippen LogP contribution in [0.3, 0.4) is 0 Å². The van der Waals surface area contributed by atoms with Crippen molar-refractivity contribution in [2.24, 2.45) is 0 Å². The smallest absolute Gasteiger partial charge is 0.0667 e. The highest BCUT2D eigenvalue weighted by atomic mass is 35.5. The largest absolute Gasteiger partial charge is 0.392 e. The number of likely N-dealkylation sites (tertiary alicyclic amines) is 1.